The van der Waals surface area contributed by atoms with Crippen molar-refractivity contribution in [3.63, 3.8) is 0 Å². The summed E-state index contributed by atoms with van der Waals surface area (Å²) in [7, 11) is -12.0. The molecular weight excluding hydrogens is 414 g/mol. The number of hydrogen-bond donors (Lipinski definition) is 3. The Labute approximate surface area is 157 Å². The lowest BCUT2D eigenvalue weighted by atomic mass is 10.3. The second-order valence-corrected chi connectivity index (χ2v) is 11.0. The van der Waals surface area contributed by atoms with Crippen molar-refractivity contribution in [1.82, 2.24) is 4.72 Å². The maximum absolute atomic E-state index is 12.5. The van der Waals surface area contributed by atoms with Gasteiger partial charge in [-0.1, -0.05) is 12.1 Å². The lowest BCUT2D eigenvalue weighted by Crippen LogP contribution is -2.25. The van der Waals surface area contributed by atoms with E-state index in [1.54, 1.807) is 0 Å². The van der Waals surface area contributed by atoms with E-state index in [-0.39, 0.29) is 26.4 Å². The monoisotopic (exact) mass is 431 g/mol. The Morgan fingerprint density at radius 1 is 0.778 bits per heavy atom. The normalized spacial score (nSPS) is 15.4. The van der Waals surface area contributed by atoms with Gasteiger partial charge in [0, 0.05) is 6.04 Å². The van der Waals surface area contributed by atoms with E-state index < -0.39 is 30.1 Å². The largest absolute Gasteiger partial charge is 0.280 e. The molecule has 12 heteroatoms. The van der Waals surface area contributed by atoms with Crippen LogP contribution in [0.3, 0.4) is 0 Å². The Bertz CT molecular complexity index is 1190. The van der Waals surface area contributed by atoms with E-state index in [4.69, 9.17) is 5.14 Å². The lowest BCUT2D eigenvalue weighted by Gasteiger charge is -2.11. The first-order valence-corrected chi connectivity index (χ1v) is 12.3. The number of rotatable bonds is 7. The van der Waals surface area contributed by atoms with Gasteiger partial charge in [-0.25, -0.2) is 35.1 Å². The average molecular weight is 432 g/mol. The summed E-state index contributed by atoms with van der Waals surface area (Å²) in [5.74, 6) is 0. The van der Waals surface area contributed by atoms with E-state index in [9.17, 15) is 25.3 Å². The molecule has 1 aliphatic rings. The molecule has 0 amide bonds. The van der Waals surface area contributed by atoms with Gasteiger partial charge in [-0.15, -0.1) is 0 Å². The fourth-order valence-corrected chi connectivity index (χ4v) is 5.33. The van der Waals surface area contributed by atoms with Gasteiger partial charge in [-0.3, -0.25) is 4.72 Å². The minimum absolute atomic E-state index is 0.0229. The predicted molar refractivity (Wildman–Crippen MR) is 98.4 cm³/mol. The third kappa shape index (κ3) is 4.84. The summed E-state index contributed by atoms with van der Waals surface area (Å²) in [4.78, 5) is -0.749. The smallest absolute Gasteiger partial charge is 0.261 e. The molecule has 9 nitrogen and oxygen atoms in total. The number of benzene rings is 2. The summed E-state index contributed by atoms with van der Waals surface area (Å²) in [5.41, 5.74) is 0.0229. The zero-order valence-electron chi connectivity index (χ0n) is 13.9. The zero-order chi connectivity index (χ0) is 19.9. The second kappa shape index (κ2) is 6.87. The van der Waals surface area contributed by atoms with Crippen LogP contribution < -0.4 is 14.6 Å². The molecule has 0 radical (unpaired) electrons. The Morgan fingerprint density at radius 2 is 1.33 bits per heavy atom. The topological polar surface area (TPSA) is 152 Å². The van der Waals surface area contributed by atoms with Crippen LogP contribution in [0, 0.1) is 0 Å². The van der Waals surface area contributed by atoms with E-state index in [2.05, 4.69) is 9.44 Å². The average Bonchev–Trinajstić information content (AvgIpc) is 3.37. The van der Waals surface area contributed by atoms with Gasteiger partial charge in [-0.2, -0.15) is 0 Å². The molecule has 4 N–H and O–H groups in total. The first-order valence-electron chi connectivity index (χ1n) is 7.75. The number of nitrogens with one attached hydrogen (secondary N) is 2. The minimum atomic E-state index is -4.15. The Kier molecular flexibility index (Phi) is 5.03. The number of anilines is 1. The molecule has 2 aromatic rings. The van der Waals surface area contributed by atoms with Crippen LogP contribution in [0.15, 0.2) is 63.2 Å². The SMILES string of the molecule is NS(=O)(=O)c1cccc(S(=O)(=O)Nc2cccc(S(=O)(=O)NC3CC3)c2)c1. The quantitative estimate of drug-likeness (QED) is 0.583. The number of nitrogens with two attached hydrogens (primary N) is 1. The number of sulfonamides is 3. The van der Waals surface area contributed by atoms with Crippen molar-refractivity contribution in [2.75, 3.05) is 4.72 Å². The van der Waals surface area contributed by atoms with Crippen molar-refractivity contribution < 1.29 is 25.3 Å². The summed E-state index contributed by atoms with van der Waals surface area (Å²) in [6, 6.07) is 9.78. The van der Waals surface area contributed by atoms with Gasteiger partial charge in [0.2, 0.25) is 20.0 Å². The maximum atomic E-state index is 12.5. The van der Waals surface area contributed by atoms with Crippen LogP contribution >= 0.6 is 0 Å². The van der Waals surface area contributed by atoms with Crippen LogP contribution in [0.5, 0.6) is 0 Å². The third-order valence-corrected chi connectivity index (χ3v) is 7.55. The molecule has 0 aliphatic heterocycles. The highest BCUT2D eigenvalue weighted by Gasteiger charge is 2.28. The van der Waals surface area contributed by atoms with Gasteiger partial charge in [-0.05, 0) is 49.2 Å². The molecule has 0 atom stereocenters. The van der Waals surface area contributed by atoms with Gasteiger partial charge >= 0.3 is 0 Å². The van der Waals surface area contributed by atoms with Crippen LogP contribution in [0.1, 0.15) is 12.8 Å². The molecule has 0 heterocycles. The molecule has 0 spiro atoms. The molecule has 1 fully saturated rings. The van der Waals surface area contributed by atoms with Crippen LogP contribution in [-0.4, -0.2) is 31.3 Å². The standard InChI is InChI=1S/C15H17N3O6S3/c16-25(19,20)13-4-2-6-15(10-13)27(23,24)18-12-3-1-5-14(9-12)26(21,22)17-11-7-8-11/h1-6,9-11,17-18H,7-8H2,(H2,16,19,20). The van der Waals surface area contributed by atoms with Gasteiger partial charge < -0.3 is 0 Å². The summed E-state index contributed by atoms with van der Waals surface area (Å²) in [6.45, 7) is 0. The van der Waals surface area contributed by atoms with Crippen LogP contribution in [0.25, 0.3) is 0 Å². The summed E-state index contributed by atoms with van der Waals surface area (Å²) < 4.78 is 77.1. The van der Waals surface area contributed by atoms with E-state index in [1.807, 2.05) is 0 Å². The van der Waals surface area contributed by atoms with Crippen LogP contribution in [-0.2, 0) is 30.1 Å². The molecule has 0 unspecified atom stereocenters. The molecule has 3 rings (SSSR count). The van der Waals surface area contributed by atoms with Crippen molar-refractivity contribution in [3.8, 4) is 0 Å². The molecule has 1 saturated carbocycles. The van der Waals surface area contributed by atoms with Gasteiger partial charge in [0.1, 0.15) is 0 Å². The van der Waals surface area contributed by atoms with Crippen molar-refractivity contribution in [2.24, 2.45) is 5.14 Å². The third-order valence-electron chi connectivity index (χ3n) is 3.74. The fraction of sp³-hybridized carbons (Fsp3) is 0.200. The molecule has 27 heavy (non-hydrogen) atoms. The predicted octanol–water partition coefficient (Wildman–Crippen LogP) is 0.575. The first kappa shape index (κ1) is 19.8. The van der Waals surface area contributed by atoms with Crippen LogP contribution in [0.4, 0.5) is 5.69 Å². The second-order valence-electron chi connectivity index (χ2n) is 6.05. The van der Waals surface area contributed by atoms with Gasteiger partial charge in [0.25, 0.3) is 10.0 Å². The highest BCUT2D eigenvalue weighted by molar-refractivity contribution is 7.93. The number of primary sulfonamides is 1. The highest BCUT2D eigenvalue weighted by Crippen LogP contribution is 2.24. The van der Waals surface area contributed by atoms with Gasteiger partial charge in [0.05, 0.1) is 20.4 Å². The highest BCUT2D eigenvalue weighted by atomic mass is 32.2. The Hall–Kier alpha value is -1.99. The van der Waals surface area contributed by atoms with E-state index in [0.29, 0.717) is 0 Å². The lowest BCUT2D eigenvalue weighted by molar-refractivity contribution is 0.580. The van der Waals surface area contributed by atoms with Crippen molar-refractivity contribution in [1.29, 1.82) is 0 Å². The summed E-state index contributed by atoms with van der Waals surface area (Å²) in [6.07, 6.45) is 1.54. The first-order chi connectivity index (χ1) is 12.5. The zero-order valence-corrected chi connectivity index (χ0v) is 16.3. The van der Waals surface area contributed by atoms with Gasteiger partial charge in [0.15, 0.2) is 0 Å². The molecule has 0 bridgehead atoms. The maximum Gasteiger partial charge on any atom is 0.261 e. The van der Waals surface area contributed by atoms with Crippen molar-refractivity contribution in [3.05, 3.63) is 48.5 Å². The Balaban J connectivity index is 1.89. The summed E-state index contributed by atoms with van der Waals surface area (Å²) in [5, 5.41) is 5.02. The Morgan fingerprint density at radius 3 is 1.93 bits per heavy atom. The number of hydrogen-bond acceptors (Lipinski definition) is 6. The molecule has 2 aromatic carbocycles. The minimum Gasteiger partial charge on any atom is -0.280 e. The van der Waals surface area contributed by atoms with E-state index >= 15 is 0 Å². The van der Waals surface area contributed by atoms with Crippen LogP contribution in [0.2, 0.25) is 0 Å². The van der Waals surface area contributed by atoms with E-state index in [0.717, 1.165) is 18.9 Å². The van der Waals surface area contributed by atoms with Crippen molar-refractivity contribution in [2.45, 2.75) is 33.6 Å². The molecular formula is C15H17N3O6S3. The van der Waals surface area contributed by atoms with Crippen molar-refractivity contribution >= 4 is 35.8 Å². The molecule has 146 valence electrons. The molecule has 0 aromatic heterocycles. The molecule has 0 saturated heterocycles. The molecule has 1 aliphatic carbocycles. The summed E-state index contributed by atoms with van der Waals surface area (Å²) >= 11 is 0. The fourth-order valence-electron chi connectivity index (χ4n) is 2.25. The van der Waals surface area contributed by atoms with E-state index in [1.165, 1.54) is 42.5 Å².